The summed E-state index contributed by atoms with van der Waals surface area (Å²) in [7, 11) is 1.45. The van der Waals surface area contributed by atoms with E-state index in [1.807, 2.05) is 0 Å². The van der Waals surface area contributed by atoms with E-state index in [0.717, 1.165) is 12.1 Å². The smallest absolute Gasteiger partial charge is 0.406 e. The largest absolute Gasteiger partial charge is 0.573 e. The lowest BCUT2D eigenvalue weighted by Gasteiger charge is -2.14. The summed E-state index contributed by atoms with van der Waals surface area (Å²) in [5, 5.41) is 2.86. The molecule has 1 amide bonds. The molecule has 0 aliphatic rings. The van der Waals surface area contributed by atoms with Crippen LogP contribution in [0.4, 0.5) is 18.9 Å². The van der Waals surface area contributed by atoms with E-state index < -0.39 is 23.6 Å². The minimum absolute atomic E-state index is 0.0607. The fraction of sp³-hybridized carbons (Fsp3) is 0.0952. The topological polar surface area (TPSA) is 99.0 Å². The molecule has 0 fully saturated rings. The normalized spacial score (nSPS) is 11.4. The number of anilines is 1. The highest BCUT2D eigenvalue weighted by Crippen LogP contribution is 2.28. The van der Waals surface area contributed by atoms with Crippen molar-refractivity contribution in [2.24, 2.45) is 7.05 Å². The predicted molar refractivity (Wildman–Crippen MR) is 109 cm³/mol. The minimum atomic E-state index is -4.86. The molecule has 162 valence electrons. The van der Waals surface area contributed by atoms with E-state index >= 15 is 0 Å². The Hall–Kier alpha value is -4.28. The molecule has 0 saturated carbocycles. The van der Waals surface area contributed by atoms with Gasteiger partial charge in [-0.3, -0.25) is 19.1 Å². The first-order valence-corrected chi connectivity index (χ1v) is 9.16. The SMILES string of the molecule is Cn1c(-c2cccc(OC(F)(F)F)c2)nc2c(NC(=O)c3cnccn3)cccc2c1=O. The van der Waals surface area contributed by atoms with E-state index in [1.165, 1.54) is 48.4 Å². The number of halogens is 3. The Morgan fingerprint density at radius 2 is 1.91 bits per heavy atom. The number of nitrogens with zero attached hydrogens (tertiary/aromatic N) is 4. The average molecular weight is 441 g/mol. The van der Waals surface area contributed by atoms with Gasteiger partial charge in [-0.1, -0.05) is 18.2 Å². The number of amides is 1. The first kappa shape index (κ1) is 21.0. The number of carbonyl (C=O) groups excluding carboxylic acids is 1. The van der Waals surface area contributed by atoms with Crippen molar-refractivity contribution in [3.63, 3.8) is 0 Å². The molecule has 0 saturated heterocycles. The van der Waals surface area contributed by atoms with Gasteiger partial charge in [-0.25, -0.2) is 9.97 Å². The van der Waals surface area contributed by atoms with Gasteiger partial charge in [-0.2, -0.15) is 0 Å². The van der Waals surface area contributed by atoms with Crippen LogP contribution in [-0.4, -0.2) is 31.8 Å². The van der Waals surface area contributed by atoms with E-state index in [1.54, 1.807) is 12.1 Å². The third-order valence-corrected chi connectivity index (χ3v) is 4.48. The lowest BCUT2D eigenvalue weighted by atomic mass is 10.1. The highest BCUT2D eigenvalue weighted by Gasteiger charge is 2.31. The number of alkyl halides is 3. The van der Waals surface area contributed by atoms with E-state index in [9.17, 15) is 22.8 Å². The lowest BCUT2D eigenvalue weighted by Crippen LogP contribution is -2.22. The summed E-state index contributed by atoms with van der Waals surface area (Å²) in [6.07, 6.45) is -0.799. The molecule has 0 bridgehead atoms. The Balaban J connectivity index is 1.81. The molecule has 8 nitrogen and oxygen atoms in total. The van der Waals surface area contributed by atoms with E-state index in [0.29, 0.717) is 0 Å². The number of rotatable bonds is 4. The highest BCUT2D eigenvalue weighted by molar-refractivity contribution is 6.07. The van der Waals surface area contributed by atoms with E-state index in [4.69, 9.17) is 0 Å². The van der Waals surface area contributed by atoms with Crippen molar-refractivity contribution in [1.29, 1.82) is 0 Å². The monoisotopic (exact) mass is 441 g/mol. The minimum Gasteiger partial charge on any atom is -0.406 e. The molecule has 0 radical (unpaired) electrons. The van der Waals surface area contributed by atoms with Crippen molar-refractivity contribution in [2.45, 2.75) is 6.36 Å². The van der Waals surface area contributed by atoms with Gasteiger partial charge in [0.05, 0.1) is 17.3 Å². The molecule has 0 aliphatic heterocycles. The molecule has 4 rings (SSSR count). The maximum absolute atomic E-state index is 12.9. The van der Waals surface area contributed by atoms with E-state index in [2.05, 4.69) is 25.0 Å². The molecule has 0 aliphatic carbocycles. The van der Waals surface area contributed by atoms with Gasteiger partial charge in [0.1, 0.15) is 22.8 Å². The number of aromatic nitrogens is 4. The van der Waals surface area contributed by atoms with Gasteiger partial charge in [-0.15, -0.1) is 13.2 Å². The Morgan fingerprint density at radius 1 is 1.12 bits per heavy atom. The van der Waals surface area contributed by atoms with Gasteiger partial charge in [0.15, 0.2) is 0 Å². The second kappa shape index (κ2) is 8.10. The van der Waals surface area contributed by atoms with Crippen LogP contribution in [0.5, 0.6) is 5.75 Å². The van der Waals surface area contributed by atoms with Crippen LogP contribution >= 0.6 is 0 Å². The average Bonchev–Trinajstić information content (AvgIpc) is 2.76. The molecular weight excluding hydrogens is 427 g/mol. The number of hydrogen-bond donors (Lipinski definition) is 1. The van der Waals surface area contributed by atoms with Crippen LogP contribution in [0.1, 0.15) is 10.5 Å². The van der Waals surface area contributed by atoms with Crippen LogP contribution in [0.15, 0.2) is 65.8 Å². The highest BCUT2D eigenvalue weighted by atomic mass is 19.4. The van der Waals surface area contributed by atoms with Gasteiger partial charge in [-0.05, 0) is 24.3 Å². The number of carbonyl (C=O) groups is 1. The van der Waals surface area contributed by atoms with Crippen molar-refractivity contribution in [1.82, 2.24) is 19.5 Å². The third-order valence-electron chi connectivity index (χ3n) is 4.48. The molecule has 0 unspecified atom stereocenters. The molecule has 4 aromatic rings. The summed E-state index contributed by atoms with van der Waals surface area (Å²) in [5.74, 6) is -0.917. The van der Waals surface area contributed by atoms with Crippen molar-refractivity contribution < 1.29 is 22.7 Å². The summed E-state index contributed by atoms with van der Waals surface area (Å²) in [5.41, 5.74) is 0.251. The van der Waals surface area contributed by atoms with Gasteiger partial charge in [0.2, 0.25) is 0 Å². The van der Waals surface area contributed by atoms with Crippen LogP contribution in [-0.2, 0) is 7.05 Å². The second-order valence-corrected chi connectivity index (χ2v) is 6.62. The Labute approximate surface area is 178 Å². The van der Waals surface area contributed by atoms with Gasteiger partial charge >= 0.3 is 6.36 Å². The van der Waals surface area contributed by atoms with Crippen LogP contribution in [0.2, 0.25) is 0 Å². The summed E-state index contributed by atoms with van der Waals surface area (Å²) >= 11 is 0. The second-order valence-electron chi connectivity index (χ2n) is 6.62. The maximum Gasteiger partial charge on any atom is 0.573 e. The predicted octanol–water partition coefficient (Wildman–Crippen LogP) is 3.54. The molecular formula is C21H14F3N5O3. The number of nitrogens with one attached hydrogen (secondary N) is 1. The van der Waals surface area contributed by atoms with Crippen LogP contribution in [0.3, 0.4) is 0 Å². The van der Waals surface area contributed by atoms with Crippen LogP contribution in [0, 0.1) is 0 Å². The molecule has 1 N–H and O–H groups in total. The van der Waals surface area contributed by atoms with Crippen molar-refractivity contribution in [3.8, 4) is 17.1 Å². The fourth-order valence-electron chi connectivity index (χ4n) is 3.09. The summed E-state index contributed by atoms with van der Waals surface area (Å²) in [6, 6.07) is 9.79. The Kier molecular flexibility index (Phi) is 5.31. The zero-order chi connectivity index (χ0) is 22.9. The Morgan fingerprint density at radius 3 is 2.62 bits per heavy atom. The van der Waals surface area contributed by atoms with Crippen LogP contribution < -0.4 is 15.6 Å². The molecule has 0 atom stereocenters. The number of para-hydroxylation sites is 1. The van der Waals surface area contributed by atoms with Crippen molar-refractivity contribution in [2.75, 3.05) is 5.32 Å². The van der Waals surface area contributed by atoms with E-state index in [-0.39, 0.29) is 33.7 Å². The standard InChI is InChI=1S/C21H14F3N5O3/c1-29-18(12-4-2-5-13(10-12)32-21(22,23)24)28-17-14(20(29)31)6-3-7-15(17)27-19(30)16-11-25-8-9-26-16/h2-11H,1H3,(H,27,30). The van der Waals surface area contributed by atoms with Gasteiger partial charge in [0, 0.05) is 25.0 Å². The summed E-state index contributed by atoms with van der Waals surface area (Å²) in [4.78, 5) is 37.6. The maximum atomic E-state index is 12.9. The van der Waals surface area contributed by atoms with Gasteiger partial charge in [0.25, 0.3) is 11.5 Å². The van der Waals surface area contributed by atoms with Crippen molar-refractivity contribution in [3.05, 3.63) is 77.1 Å². The molecule has 2 aromatic carbocycles. The first-order chi connectivity index (χ1) is 15.2. The molecule has 2 aromatic heterocycles. The third kappa shape index (κ3) is 4.26. The molecule has 2 heterocycles. The first-order valence-electron chi connectivity index (χ1n) is 9.16. The molecule has 11 heteroatoms. The summed E-state index contributed by atoms with van der Waals surface area (Å²) in [6.45, 7) is 0. The number of ether oxygens (including phenoxy) is 1. The Bertz CT molecular complexity index is 1370. The quantitative estimate of drug-likeness (QED) is 0.520. The van der Waals surface area contributed by atoms with Crippen molar-refractivity contribution >= 4 is 22.5 Å². The zero-order valence-corrected chi connectivity index (χ0v) is 16.4. The number of hydrogen-bond acceptors (Lipinski definition) is 6. The zero-order valence-electron chi connectivity index (χ0n) is 16.4. The van der Waals surface area contributed by atoms with Crippen LogP contribution in [0.25, 0.3) is 22.3 Å². The number of benzene rings is 2. The summed E-state index contributed by atoms with van der Waals surface area (Å²) < 4.78 is 43.0. The number of fused-ring (bicyclic) bond motifs is 1. The molecule has 0 spiro atoms. The van der Waals surface area contributed by atoms with Gasteiger partial charge < -0.3 is 10.1 Å². The molecule has 32 heavy (non-hydrogen) atoms. The lowest BCUT2D eigenvalue weighted by molar-refractivity contribution is -0.274. The fourth-order valence-corrected chi connectivity index (χ4v) is 3.09.